The van der Waals surface area contributed by atoms with Gasteiger partial charge in [0.05, 0.1) is 18.5 Å². The lowest BCUT2D eigenvalue weighted by atomic mass is 10.1. The van der Waals surface area contributed by atoms with Crippen molar-refractivity contribution in [1.82, 2.24) is 19.5 Å². The van der Waals surface area contributed by atoms with Crippen LogP contribution in [0.5, 0.6) is 0 Å². The van der Waals surface area contributed by atoms with Gasteiger partial charge in [0, 0.05) is 12.5 Å². The topological polar surface area (TPSA) is 130 Å². The number of aliphatic hydroxyl groups is 3. The summed E-state index contributed by atoms with van der Waals surface area (Å²) in [7, 11) is 0. The molecule has 8 nitrogen and oxygen atoms in total. The van der Waals surface area contributed by atoms with Gasteiger partial charge in [-0.15, -0.1) is 0 Å². The Morgan fingerprint density at radius 1 is 1.26 bits per heavy atom. The zero-order valence-corrected chi connectivity index (χ0v) is 10.1. The first-order valence-electron chi connectivity index (χ1n) is 6.03. The van der Waals surface area contributed by atoms with Gasteiger partial charge in [0.1, 0.15) is 17.9 Å². The summed E-state index contributed by atoms with van der Waals surface area (Å²) >= 11 is 0. The average Bonchev–Trinajstić information content (AvgIpc) is 2.94. The van der Waals surface area contributed by atoms with Gasteiger partial charge < -0.3 is 25.6 Å². The van der Waals surface area contributed by atoms with E-state index in [1.165, 1.54) is 12.7 Å². The second-order valence-electron chi connectivity index (χ2n) is 4.81. The molecule has 1 aliphatic rings. The van der Waals surface area contributed by atoms with Crippen LogP contribution in [0, 0.1) is 5.92 Å². The Balaban J connectivity index is 2.04. The third-order valence-corrected chi connectivity index (χ3v) is 3.75. The van der Waals surface area contributed by atoms with E-state index in [2.05, 4.69) is 15.0 Å². The first-order chi connectivity index (χ1) is 9.13. The maximum Gasteiger partial charge on any atom is 0.165 e. The van der Waals surface area contributed by atoms with E-state index >= 15 is 0 Å². The van der Waals surface area contributed by atoms with Crippen molar-refractivity contribution in [3.8, 4) is 0 Å². The Morgan fingerprint density at radius 3 is 2.74 bits per heavy atom. The van der Waals surface area contributed by atoms with Gasteiger partial charge in [0.15, 0.2) is 11.5 Å². The highest BCUT2D eigenvalue weighted by Gasteiger charge is 2.42. The first-order valence-corrected chi connectivity index (χ1v) is 6.03. The monoisotopic (exact) mass is 265 g/mol. The van der Waals surface area contributed by atoms with Crippen LogP contribution in [0.25, 0.3) is 11.2 Å². The molecule has 2 aromatic rings. The molecule has 4 atom stereocenters. The Bertz CT molecular complexity index is 601. The summed E-state index contributed by atoms with van der Waals surface area (Å²) in [4.78, 5) is 12.1. The van der Waals surface area contributed by atoms with E-state index in [1.807, 2.05) is 0 Å². The van der Waals surface area contributed by atoms with Crippen molar-refractivity contribution < 1.29 is 15.3 Å². The molecule has 2 heterocycles. The van der Waals surface area contributed by atoms with Crippen molar-refractivity contribution >= 4 is 17.0 Å². The van der Waals surface area contributed by atoms with E-state index < -0.39 is 12.2 Å². The van der Waals surface area contributed by atoms with E-state index in [-0.39, 0.29) is 24.4 Å². The van der Waals surface area contributed by atoms with Crippen LogP contribution in [0.1, 0.15) is 12.5 Å². The Kier molecular flexibility index (Phi) is 2.85. The van der Waals surface area contributed by atoms with Crippen LogP contribution in [0.4, 0.5) is 5.82 Å². The summed E-state index contributed by atoms with van der Waals surface area (Å²) in [5, 5.41) is 29.1. The Hall–Kier alpha value is -1.77. The number of anilines is 1. The normalized spacial score (nSPS) is 31.1. The highest BCUT2D eigenvalue weighted by atomic mass is 16.3. The zero-order valence-electron chi connectivity index (χ0n) is 10.1. The molecule has 3 rings (SSSR count). The van der Waals surface area contributed by atoms with Crippen LogP contribution in [-0.2, 0) is 0 Å². The Morgan fingerprint density at radius 2 is 2.05 bits per heavy atom. The molecule has 8 heteroatoms. The van der Waals surface area contributed by atoms with E-state index in [0.29, 0.717) is 17.6 Å². The minimum atomic E-state index is -0.967. The number of imidazole rings is 1. The molecule has 0 saturated heterocycles. The largest absolute Gasteiger partial charge is 0.396 e. The highest BCUT2D eigenvalue weighted by molar-refractivity contribution is 5.81. The van der Waals surface area contributed by atoms with Gasteiger partial charge in [-0.05, 0) is 6.42 Å². The van der Waals surface area contributed by atoms with Crippen LogP contribution in [0.3, 0.4) is 0 Å². The number of hydrogen-bond acceptors (Lipinski definition) is 7. The van der Waals surface area contributed by atoms with Crippen LogP contribution in [0.15, 0.2) is 12.7 Å². The summed E-state index contributed by atoms with van der Waals surface area (Å²) in [6, 6.07) is -0.383. The molecule has 5 N–H and O–H groups in total. The lowest BCUT2D eigenvalue weighted by Gasteiger charge is -2.18. The Labute approximate surface area is 108 Å². The standard InChI is InChI=1S/C11H15N5O3/c12-10-7-11(14-3-13-10)16(4-15-7)6-1-5(2-17)8(18)9(6)19/h3-6,8-9,17-19H,1-2H2,(H2,12,13,14)/t5-,6-,8+,9-/m0/s1. The van der Waals surface area contributed by atoms with Gasteiger partial charge in [-0.1, -0.05) is 0 Å². The fourth-order valence-corrected chi connectivity index (χ4v) is 2.67. The molecule has 0 aromatic carbocycles. The molecular formula is C11H15N5O3. The molecule has 0 radical (unpaired) electrons. The van der Waals surface area contributed by atoms with Crippen molar-refractivity contribution in [3.05, 3.63) is 12.7 Å². The second kappa shape index (κ2) is 4.41. The minimum Gasteiger partial charge on any atom is -0.396 e. The lowest BCUT2D eigenvalue weighted by molar-refractivity contribution is -0.00370. The second-order valence-corrected chi connectivity index (χ2v) is 4.81. The molecule has 2 aromatic heterocycles. The first kappa shape index (κ1) is 12.3. The summed E-state index contributed by atoms with van der Waals surface area (Å²) in [6.45, 7) is -0.168. The number of nitrogens with two attached hydrogens (primary N) is 1. The number of aromatic nitrogens is 4. The summed E-state index contributed by atoms with van der Waals surface area (Å²) < 4.78 is 1.68. The van der Waals surface area contributed by atoms with Crippen LogP contribution < -0.4 is 5.73 Å². The van der Waals surface area contributed by atoms with Crippen LogP contribution >= 0.6 is 0 Å². The van der Waals surface area contributed by atoms with Crippen molar-refractivity contribution in [3.63, 3.8) is 0 Å². The van der Waals surface area contributed by atoms with Gasteiger partial charge >= 0.3 is 0 Å². The predicted octanol–water partition coefficient (Wildman–Crippen LogP) is -1.32. The van der Waals surface area contributed by atoms with Crippen molar-refractivity contribution in [1.29, 1.82) is 0 Å². The van der Waals surface area contributed by atoms with Crippen molar-refractivity contribution in [2.45, 2.75) is 24.7 Å². The molecule has 0 aliphatic heterocycles. The van der Waals surface area contributed by atoms with Crippen LogP contribution in [-0.4, -0.2) is 53.7 Å². The maximum atomic E-state index is 10.1. The minimum absolute atomic E-state index is 0.168. The zero-order chi connectivity index (χ0) is 13.6. The number of fused-ring (bicyclic) bond motifs is 1. The van der Waals surface area contributed by atoms with Gasteiger partial charge in [-0.2, -0.15) is 0 Å². The van der Waals surface area contributed by atoms with Gasteiger partial charge in [-0.3, -0.25) is 0 Å². The smallest absolute Gasteiger partial charge is 0.165 e. The predicted molar refractivity (Wildman–Crippen MR) is 66.0 cm³/mol. The number of hydrogen-bond donors (Lipinski definition) is 4. The summed E-state index contributed by atoms with van der Waals surface area (Å²) in [5.74, 6) is -0.0767. The molecule has 19 heavy (non-hydrogen) atoms. The third kappa shape index (κ3) is 1.76. The molecular weight excluding hydrogens is 250 g/mol. The van der Waals surface area contributed by atoms with Crippen molar-refractivity contribution in [2.75, 3.05) is 12.3 Å². The molecule has 0 amide bonds. The number of rotatable bonds is 2. The summed E-state index contributed by atoms with van der Waals surface area (Å²) in [5.41, 5.74) is 6.69. The van der Waals surface area contributed by atoms with E-state index in [0.717, 1.165) is 0 Å². The van der Waals surface area contributed by atoms with Gasteiger partial charge in [-0.25, -0.2) is 15.0 Å². The SMILES string of the molecule is Nc1ncnc2c1ncn2[C@H]1C[C@@H](CO)[C@@H](O)[C@H]1O. The number of nitrogens with zero attached hydrogens (tertiary/aromatic N) is 4. The summed E-state index contributed by atoms with van der Waals surface area (Å²) in [6.07, 6.45) is 1.39. The fraction of sp³-hybridized carbons (Fsp3) is 0.545. The number of nitrogen functional groups attached to an aromatic ring is 1. The lowest BCUT2D eigenvalue weighted by Crippen LogP contribution is -2.30. The van der Waals surface area contributed by atoms with E-state index in [1.54, 1.807) is 4.57 Å². The maximum absolute atomic E-state index is 10.1. The van der Waals surface area contributed by atoms with Gasteiger partial charge in [0.2, 0.25) is 0 Å². The van der Waals surface area contributed by atoms with Crippen LogP contribution in [0.2, 0.25) is 0 Å². The average molecular weight is 265 g/mol. The molecule has 1 aliphatic carbocycles. The number of aliphatic hydroxyl groups excluding tert-OH is 3. The fourth-order valence-electron chi connectivity index (χ4n) is 2.67. The molecule has 0 bridgehead atoms. The molecule has 102 valence electrons. The molecule has 0 unspecified atom stereocenters. The van der Waals surface area contributed by atoms with Gasteiger partial charge in [0.25, 0.3) is 0 Å². The molecule has 1 saturated carbocycles. The van der Waals surface area contributed by atoms with E-state index in [4.69, 9.17) is 5.73 Å². The van der Waals surface area contributed by atoms with E-state index in [9.17, 15) is 15.3 Å². The molecule has 1 fully saturated rings. The quantitative estimate of drug-likeness (QED) is 0.530. The molecule has 0 spiro atoms. The highest BCUT2D eigenvalue weighted by Crippen LogP contribution is 2.36. The third-order valence-electron chi connectivity index (χ3n) is 3.75. The van der Waals surface area contributed by atoms with Crippen molar-refractivity contribution in [2.24, 2.45) is 5.92 Å².